The van der Waals surface area contributed by atoms with Crippen LogP contribution >= 0.6 is 0 Å². The van der Waals surface area contributed by atoms with Crippen LogP contribution < -0.4 is 4.13 Å². The van der Waals surface area contributed by atoms with Crippen molar-refractivity contribution < 1.29 is 17.2 Å². The summed E-state index contributed by atoms with van der Waals surface area (Å²) in [4.78, 5) is 0. The van der Waals surface area contributed by atoms with Crippen LogP contribution in [-0.4, -0.2) is 29.3 Å². The molecule has 0 spiro atoms. The van der Waals surface area contributed by atoms with E-state index >= 15 is 0 Å². The zero-order chi connectivity index (χ0) is 7.71. The minimum Gasteiger partial charge on any atom is -0.302 e. The number of rotatable bonds is 2. The third kappa shape index (κ3) is 7.89. The highest BCUT2D eigenvalue weighted by atomic mass is 32.3. The monoisotopic (exact) mass is 173 g/mol. The van der Waals surface area contributed by atoms with Gasteiger partial charge in [-0.1, -0.05) is 0 Å². The number of hydrogen-bond acceptors (Lipinski definition) is 3. The van der Waals surface area contributed by atoms with Crippen LogP contribution in [0.4, 0.5) is 0 Å². The van der Waals surface area contributed by atoms with Gasteiger partial charge in [0.1, 0.15) is 0 Å². The van der Waals surface area contributed by atoms with Crippen molar-refractivity contribution in [3.05, 3.63) is 0 Å². The Morgan fingerprint density at radius 3 is 1.78 bits per heavy atom. The van der Waals surface area contributed by atoms with E-state index in [0.29, 0.717) is 0 Å². The van der Waals surface area contributed by atoms with Gasteiger partial charge in [-0.25, -0.2) is 12.6 Å². The molecule has 0 saturated carbocycles. The molecule has 1 atom stereocenters. The molecule has 5 nitrogen and oxygen atoms in total. The molecule has 0 aliphatic rings. The van der Waals surface area contributed by atoms with Crippen LogP contribution in [0.25, 0.3) is 0 Å². The summed E-state index contributed by atoms with van der Waals surface area (Å²) < 4.78 is 40.2. The molecule has 0 aliphatic heterocycles. The summed E-state index contributed by atoms with van der Waals surface area (Å²) in [5, 5.41) is 0. The molecule has 0 radical (unpaired) electrons. The minimum atomic E-state index is -3.62. The first kappa shape index (κ1) is 8.89. The number of sulfonamides is 1. The van der Waals surface area contributed by atoms with Crippen molar-refractivity contribution >= 4 is 25.9 Å². The molecule has 2 N–H and O–H groups in total. The highest BCUT2D eigenvalue weighted by Gasteiger charge is 2.04. The summed E-state index contributed by atoms with van der Waals surface area (Å²) in [5.41, 5.74) is 0. The van der Waals surface area contributed by atoms with Crippen LogP contribution in [-0.2, 0) is 20.0 Å². The van der Waals surface area contributed by atoms with Gasteiger partial charge in [0.25, 0.3) is 0 Å². The Balaban J connectivity index is 4.46. The fourth-order valence-electron chi connectivity index (χ4n) is 0.237. The zero-order valence-corrected chi connectivity index (χ0v) is 6.33. The van der Waals surface area contributed by atoms with E-state index < -0.39 is 20.0 Å². The van der Waals surface area contributed by atoms with Crippen molar-refractivity contribution in [1.82, 2.24) is 4.13 Å². The molecule has 0 aliphatic carbocycles. The lowest BCUT2D eigenvalue weighted by Crippen LogP contribution is -2.28. The van der Waals surface area contributed by atoms with Crippen LogP contribution in [0.3, 0.4) is 0 Å². The van der Waals surface area contributed by atoms with Gasteiger partial charge in [-0.2, -0.15) is 0 Å². The van der Waals surface area contributed by atoms with Gasteiger partial charge in [0, 0.05) is 0 Å². The van der Waals surface area contributed by atoms with E-state index in [1.807, 2.05) is 0 Å². The van der Waals surface area contributed by atoms with Gasteiger partial charge in [-0.3, -0.25) is 0 Å². The van der Waals surface area contributed by atoms with E-state index in [0.717, 1.165) is 6.26 Å². The summed E-state index contributed by atoms with van der Waals surface area (Å²) in [6.07, 6.45) is 0.772. The number of hydrogen-bond donors (Lipinski definition) is 2. The molecular weight excluding hydrogens is 166 g/mol. The second kappa shape index (κ2) is 2.25. The van der Waals surface area contributed by atoms with Crippen molar-refractivity contribution in [2.24, 2.45) is 0 Å². The maximum Gasteiger partial charge on any atom is 0.221 e. The number of nitrogens with one attached hydrogen (secondary N) is 1. The van der Waals surface area contributed by atoms with Crippen LogP contribution in [0.15, 0.2) is 0 Å². The Hall–Kier alpha value is -0.110. The van der Waals surface area contributed by atoms with E-state index in [1.54, 1.807) is 0 Å². The van der Waals surface area contributed by atoms with Gasteiger partial charge < -0.3 is 4.55 Å². The molecule has 0 aromatic heterocycles. The van der Waals surface area contributed by atoms with Crippen LogP contribution in [0.5, 0.6) is 0 Å². The largest absolute Gasteiger partial charge is 0.302 e. The lowest BCUT2D eigenvalue weighted by Gasteiger charge is -1.98. The van der Waals surface area contributed by atoms with Gasteiger partial charge >= 0.3 is 0 Å². The first-order valence-electron chi connectivity index (χ1n) is 1.79. The van der Waals surface area contributed by atoms with Gasteiger partial charge in [-0.05, 0) is 5.87 Å². The second-order valence-corrected chi connectivity index (χ2v) is 4.99. The third-order valence-electron chi connectivity index (χ3n) is 0.282. The first-order chi connectivity index (χ1) is 3.71. The molecule has 0 heterocycles. The van der Waals surface area contributed by atoms with Crippen molar-refractivity contribution in [1.29, 1.82) is 0 Å². The maximum absolute atomic E-state index is 10.2. The molecule has 0 saturated heterocycles. The van der Waals surface area contributed by atoms with Crippen LogP contribution in [0.2, 0.25) is 0 Å². The predicted molar refractivity (Wildman–Crippen MR) is 35.9 cm³/mol. The van der Waals surface area contributed by atoms with Crippen molar-refractivity contribution in [2.45, 2.75) is 0 Å². The molecule has 1 unspecified atom stereocenters. The first-order valence-corrected chi connectivity index (χ1v) is 5.36. The Morgan fingerprint density at radius 2 is 1.78 bits per heavy atom. The Morgan fingerprint density at radius 1 is 1.44 bits per heavy atom. The summed E-state index contributed by atoms with van der Waals surface area (Å²) in [5.74, 6) is 2.65. The zero-order valence-electron chi connectivity index (χ0n) is 4.70. The second-order valence-electron chi connectivity index (χ2n) is 1.50. The molecule has 0 fully saturated rings. The summed E-state index contributed by atoms with van der Waals surface area (Å²) in [6, 6.07) is 0. The highest BCUT2D eigenvalue weighted by Crippen LogP contribution is 1.78. The van der Waals surface area contributed by atoms with Crippen LogP contribution in [0, 0.1) is 0 Å². The fraction of sp³-hybridized carbons (Fsp3) is 0.500. The van der Waals surface area contributed by atoms with Crippen LogP contribution in [0.1, 0.15) is 0 Å². The topological polar surface area (TPSA) is 83.5 Å². The molecule has 0 rings (SSSR count). The van der Waals surface area contributed by atoms with E-state index in [1.165, 1.54) is 4.13 Å². The Labute approximate surface area is 54.1 Å². The molecule has 9 heavy (non-hydrogen) atoms. The van der Waals surface area contributed by atoms with E-state index in [2.05, 4.69) is 5.87 Å². The smallest absolute Gasteiger partial charge is 0.221 e. The normalized spacial score (nSPS) is 18.9. The van der Waals surface area contributed by atoms with Gasteiger partial charge in [0.2, 0.25) is 10.0 Å². The third-order valence-corrected chi connectivity index (χ3v) is 2.53. The molecule has 0 aromatic carbocycles. The molecular formula is C2H7NO4S2. The van der Waals surface area contributed by atoms with Gasteiger partial charge in [-0.15, -0.1) is 4.13 Å². The molecule has 0 amide bonds. The SMILES string of the molecule is C=S(=O)(O)NS(C)(=O)=O. The van der Waals surface area contributed by atoms with Crippen molar-refractivity contribution in [3.8, 4) is 0 Å². The van der Waals surface area contributed by atoms with E-state index in [9.17, 15) is 12.6 Å². The summed E-state index contributed by atoms with van der Waals surface area (Å²) >= 11 is 0. The maximum atomic E-state index is 10.2. The molecule has 7 heteroatoms. The molecule has 0 aromatic rings. The molecule has 56 valence electrons. The Kier molecular flexibility index (Phi) is 2.23. The van der Waals surface area contributed by atoms with Crippen molar-refractivity contribution in [2.75, 3.05) is 6.26 Å². The summed E-state index contributed by atoms with van der Waals surface area (Å²) in [7, 11) is -7.24. The van der Waals surface area contributed by atoms with E-state index in [4.69, 9.17) is 4.55 Å². The minimum absolute atomic E-state index is 0.772. The van der Waals surface area contributed by atoms with E-state index in [-0.39, 0.29) is 0 Å². The highest BCUT2D eigenvalue weighted by molar-refractivity contribution is 8.06. The van der Waals surface area contributed by atoms with Gasteiger partial charge in [0.05, 0.1) is 6.26 Å². The van der Waals surface area contributed by atoms with Gasteiger partial charge in [0.15, 0.2) is 9.99 Å². The average molecular weight is 173 g/mol. The van der Waals surface area contributed by atoms with Crippen molar-refractivity contribution in [3.63, 3.8) is 0 Å². The Bertz CT molecular complexity index is 242. The fourth-order valence-corrected chi connectivity index (χ4v) is 2.13. The lowest BCUT2D eigenvalue weighted by molar-refractivity contribution is 0.551. The lowest BCUT2D eigenvalue weighted by atomic mass is 12.0. The average Bonchev–Trinajstić information content (AvgIpc) is 1.14. The molecule has 0 bridgehead atoms. The quantitative estimate of drug-likeness (QED) is 0.505. The standard InChI is InChI=1S/C2H7NO4S2/c1-8(4,5)3-9(2,6)7/h1H2,2H3,(H2,3,4,5). The predicted octanol–water partition coefficient (Wildman–Crippen LogP) is -1.36. The summed E-state index contributed by atoms with van der Waals surface area (Å²) in [6.45, 7) is 0.